The first-order valence-electron chi connectivity index (χ1n) is 6.21. The fourth-order valence-electron chi connectivity index (χ4n) is 1.81. The predicted molar refractivity (Wildman–Crippen MR) is 74.0 cm³/mol. The SMILES string of the molecule is COc1cc(C[NH2+]C2CC2)cc(Br)c1OCC(N)=O. The Balaban J connectivity index is 2.10. The highest BCUT2D eigenvalue weighted by molar-refractivity contribution is 9.10. The first kappa shape index (κ1) is 14.1. The minimum atomic E-state index is -0.514. The van der Waals surface area contributed by atoms with Gasteiger partial charge in [0.25, 0.3) is 5.91 Å². The van der Waals surface area contributed by atoms with Gasteiger partial charge >= 0.3 is 0 Å². The van der Waals surface area contributed by atoms with Gasteiger partial charge in [-0.3, -0.25) is 4.79 Å². The van der Waals surface area contributed by atoms with Crippen LogP contribution in [0.5, 0.6) is 11.5 Å². The molecule has 0 aliphatic heterocycles. The molecule has 0 spiro atoms. The van der Waals surface area contributed by atoms with Crippen LogP contribution in [0.25, 0.3) is 0 Å². The second kappa shape index (κ2) is 6.25. The molecule has 0 heterocycles. The lowest BCUT2D eigenvalue weighted by Crippen LogP contribution is -2.84. The molecular weight excluding hydrogens is 312 g/mol. The molecule has 2 rings (SSSR count). The van der Waals surface area contributed by atoms with Crippen LogP contribution in [-0.2, 0) is 11.3 Å². The number of carbonyl (C=O) groups is 1. The van der Waals surface area contributed by atoms with Crippen molar-refractivity contribution in [3.8, 4) is 11.5 Å². The van der Waals surface area contributed by atoms with E-state index in [9.17, 15) is 4.79 Å². The third kappa shape index (κ3) is 4.11. The van der Waals surface area contributed by atoms with Gasteiger partial charge in [-0.25, -0.2) is 0 Å². The molecule has 1 fully saturated rings. The van der Waals surface area contributed by atoms with Crippen LogP contribution in [0.4, 0.5) is 0 Å². The topological polar surface area (TPSA) is 78.2 Å². The van der Waals surface area contributed by atoms with E-state index in [-0.39, 0.29) is 6.61 Å². The Bertz CT molecular complexity index is 475. The number of amides is 1. The molecule has 19 heavy (non-hydrogen) atoms. The van der Waals surface area contributed by atoms with Gasteiger partial charge in [0.05, 0.1) is 17.6 Å². The van der Waals surface area contributed by atoms with E-state index in [4.69, 9.17) is 15.2 Å². The van der Waals surface area contributed by atoms with E-state index < -0.39 is 5.91 Å². The minimum absolute atomic E-state index is 0.164. The first-order valence-corrected chi connectivity index (χ1v) is 7.00. The summed E-state index contributed by atoms with van der Waals surface area (Å²) in [7, 11) is 1.58. The standard InChI is InChI=1S/C13H17BrN2O3/c1-18-11-5-8(6-16-9-2-3-9)4-10(14)13(11)19-7-12(15)17/h4-5,9,16H,2-3,6-7H2,1H3,(H2,15,17)/p+1. The summed E-state index contributed by atoms with van der Waals surface area (Å²) < 4.78 is 11.4. The van der Waals surface area contributed by atoms with Gasteiger partial charge in [0, 0.05) is 18.4 Å². The fraction of sp³-hybridized carbons (Fsp3) is 0.462. The number of benzene rings is 1. The molecule has 0 radical (unpaired) electrons. The molecule has 104 valence electrons. The normalized spacial score (nSPS) is 14.2. The Labute approximate surface area is 120 Å². The van der Waals surface area contributed by atoms with Crippen molar-refractivity contribution < 1.29 is 19.6 Å². The Morgan fingerprint density at radius 1 is 1.53 bits per heavy atom. The van der Waals surface area contributed by atoms with Gasteiger partial charge in [-0.1, -0.05) is 0 Å². The molecule has 1 aromatic rings. The number of quaternary nitrogens is 1. The van der Waals surface area contributed by atoms with E-state index in [0.29, 0.717) is 11.5 Å². The molecule has 0 atom stereocenters. The van der Waals surface area contributed by atoms with Crippen molar-refractivity contribution in [2.24, 2.45) is 5.73 Å². The van der Waals surface area contributed by atoms with Gasteiger partial charge in [0.15, 0.2) is 18.1 Å². The van der Waals surface area contributed by atoms with Crippen molar-refractivity contribution in [3.05, 3.63) is 22.2 Å². The van der Waals surface area contributed by atoms with Gasteiger partial charge < -0.3 is 20.5 Å². The summed E-state index contributed by atoms with van der Waals surface area (Å²) in [5.74, 6) is 0.603. The second-order valence-corrected chi connectivity index (χ2v) is 5.50. The van der Waals surface area contributed by atoms with E-state index in [0.717, 1.165) is 22.6 Å². The Morgan fingerprint density at radius 2 is 2.26 bits per heavy atom. The number of halogens is 1. The molecule has 1 aliphatic rings. The van der Waals surface area contributed by atoms with Crippen molar-refractivity contribution in [1.29, 1.82) is 0 Å². The van der Waals surface area contributed by atoms with Crippen molar-refractivity contribution in [2.75, 3.05) is 13.7 Å². The summed E-state index contributed by atoms with van der Waals surface area (Å²) in [6, 6.07) is 4.69. The average molecular weight is 330 g/mol. The Morgan fingerprint density at radius 3 is 2.84 bits per heavy atom. The van der Waals surface area contributed by atoms with Gasteiger partial charge in [-0.05, 0) is 28.1 Å². The van der Waals surface area contributed by atoms with Crippen LogP contribution < -0.4 is 20.5 Å². The van der Waals surface area contributed by atoms with E-state index in [1.54, 1.807) is 7.11 Å². The van der Waals surface area contributed by atoms with Crippen molar-refractivity contribution in [2.45, 2.75) is 25.4 Å². The van der Waals surface area contributed by atoms with Crippen LogP contribution in [0.3, 0.4) is 0 Å². The van der Waals surface area contributed by atoms with Crippen molar-refractivity contribution in [1.82, 2.24) is 0 Å². The van der Waals surface area contributed by atoms with Crippen LogP contribution in [0.2, 0.25) is 0 Å². The molecule has 1 saturated carbocycles. The van der Waals surface area contributed by atoms with Gasteiger partial charge in [-0.2, -0.15) is 0 Å². The third-order valence-corrected chi connectivity index (χ3v) is 3.55. The monoisotopic (exact) mass is 329 g/mol. The quantitative estimate of drug-likeness (QED) is 0.766. The highest BCUT2D eigenvalue weighted by Crippen LogP contribution is 2.36. The summed E-state index contributed by atoms with van der Waals surface area (Å²) in [5, 5.41) is 2.32. The highest BCUT2D eigenvalue weighted by Gasteiger charge is 2.25. The molecule has 1 aliphatic carbocycles. The summed E-state index contributed by atoms with van der Waals surface area (Å²) >= 11 is 3.44. The summed E-state index contributed by atoms with van der Waals surface area (Å²) in [6.45, 7) is 0.748. The van der Waals surface area contributed by atoms with Crippen LogP contribution in [0.15, 0.2) is 16.6 Å². The van der Waals surface area contributed by atoms with Gasteiger partial charge in [0.1, 0.15) is 6.54 Å². The smallest absolute Gasteiger partial charge is 0.255 e. The van der Waals surface area contributed by atoms with Gasteiger partial charge in [0.2, 0.25) is 0 Å². The number of nitrogens with two attached hydrogens (primary N) is 2. The predicted octanol–water partition coefficient (Wildman–Crippen LogP) is 0.548. The van der Waals surface area contributed by atoms with E-state index in [1.807, 2.05) is 12.1 Å². The molecule has 0 unspecified atom stereocenters. The molecule has 6 heteroatoms. The van der Waals surface area contributed by atoms with Crippen LogP contribution >= 0.6 is 15.9 Å². The largest absolute Gasteiger partial charge is 0.493 e. The lowest BCUT2D eigenvalue weighted by Gasteiger charge is -2.13. The zero-order chi connectivity index (χ0) is 13.8. The third-order valence-electron chi connectivity index (χ3n) is 2.96. The van der Waals surface area contributed by atoms with E-state index >= 15 is 0 Å². The number of rotatable bonds is 7. The van der Waals surface area contributed by atoms with Crippen molar-refractivity contribution in [3.63, 3.8) is 0 Å². The number of carbonyl (C=O) groups excluding carboxylic acids is 1. The highest BCUT2D eigenvalue weighted by atomic mass is 79.9. The number of primary amides is 1. The minimum Gasteiger partial charge on any atom is -0.493 e. The molecule has 4 N–H and O–H groups in total. The van der Waals surface area contributed by atoms with Crippen molar-refractivity contribution >= 4 is 21.8 Å². The summed E-state index contributed by atoms with van der Waals surface area (Å²) in [4.78, 5) is 10.8. The lowest BCUT2D eigenvalue weighted by molar-refractivity contribution is -0.683. The fourth-order valence-corrected chi connectivity index (χ4v) is 2.41. The molecular formula is C13H18BrN2O3+. The zero-order valence-electron chi connectivity index (χ0n) is 10.8. The summed E-state index contributed by atoms with van der Waals surface area (Å²) in [5.41, 5.74) is 6.23. The maximum absolute atomic E-state index is 10.8. The molecule has 1 aromatic carbocycles. The van der Waals surface area contributed by atoms with Crippen LogP contribution in [-0.4, -0.2) is 25.7 Å². The average Bonchev–Trinajstić information content (AvgIpc) is 3.18. The molecule has 0 saturated heterocycles. The number of ether oxygens (including phenoxy) is 2. The zero-order valence-corrected chi connectivity index (χ0v) is 12.4. The Hall–Kier alpha value is -1.27. The van der Waals surface area contributed by atoms with Gasteiger partial charge in [-0.15, -0.1) is 0 Å². The first-order chi connectivity index (χ1) is 9.10. The summed E-state index contributed by atoms with van der Waals surface area (Å²) in [6.07, 6.45) is 2.61. The number of hydrogen-bond donors (Lipinski definition) is 2. The maximum Gasteiger partial charge on any atom is 0.255 e. The molecule has 5 nitrogen and oxygen atoms in total. The number of methoxy groups -OCH3 is 1. The lowest BCUT2D eigenvalue weighted by atomic mass is 10.2. The van der Waals surface area contributed by atoms with Crippen LogP contribution in [0.1, 0.15) is 18.4 Å². The number of hydrogen-bond acceptors (Lipinski definition) is 3. The van der Waals surface area contributed by atoms with E-state index in [2.05, 4.69) is 21.2 Å². The van der Waals surface area contributed by atoms with Crippen LogP contribution in [0, 0.1) is 0 Å². The van der Waals surface area contributed by atoms with E-state index in [1.165, 1.54) is 12.8 Å². The molecule has 0 aromatic heterocycles. The Kier molecular flexibility index (Phi) is 4.66. The molecule has 1 amide bonds. The molecule has 0 bridgehead atoms. The second-order valence-electron chi connectivity index (χ2n) is 4.64. The maximum atomic E-state index is 10.8.